The average molecular weight is 1110 g/mol. The smallest absolute Gasteiger partial charge is 0.388 e. The number of phosphoric acid groups is 2. The maximum Gasteiger partial charge on any atom is 0.483 e. The second kappa shape index (κ2) is 40.0. The van der Waals surface area contributed by atoms with E-state index < -0.39 is 52.2 Å². The summed E-state index contributed by atoms with van der Waals surface area (Å²) in [5, 5.41) is 22.7. The molecule has 0 radical (unpaired) electrons. The summed E-state index contributed by atoms with van der Waals surface area (Å²) >= 11 is 0. The molecule has 1 aliphatic heterocycles. The molecule has 1 rings (SSSR count). The topological polar surface area (TPSA) is 181 Å². The van der Waals surface area contributed by atoms with Gasteiger partial charge in [0.15, 0.2) is 6.29 Å². The lowest BCUT2D eigenvalue weighted by Crippen LogP contribution is -2.63. The largest absolute Gasteiger partial charge is 0.483 e. The Hall–Kier alpha value is -3.25. The summed E-state index contributed by atoms with van der Waals surface area (Å²) in [5.41, 5.74) is 15.4. The van der Waals surface area contributed by atoms with Crippen LogP contribution in [0.2, 0.25) is 0 Å². The third-order valence-corrected chi connectivity index (χ3v) is 16.3. The highest BCUT2D eigenvalue weighted by molar-refractivity contribution is 7.61. The van der Waals surface area contributed by atoms with Crippen LogP contribution in [0.5, 0.6) is 0 Å². The van der Waals surface area contributed by atoms with Crippen molar-refractivity contribution < 1.29 is 52.0 Å². The Balaban J connectivity index is 2.32. The fourth-order valence-corrected chi connectivity index (χ4v) is 10.7. The minimum absolute atomic E-state index is 0.375. The molecule has 12 nitrogen and oxygen atoms in total. The zero-order valence-electron chi connectivity index (χ0n) is 50.1. The third kappa shape index (κ3) is 37.3. The van der Waals surface area contributed by atoms with Gasteiger partial charge in [-0.05, 0) is 218 Å². The summed E-state index contributed by atoms with van der Waals surface area (Å²) in [5.74, 6) is -0.650. The molecule has 0 spiro atoms. The first-order valence-electron chi connectivity index (χ1n) is 28.4. The van der Waals surface area contributed by atoms with Crippen LogP contribution in [0.25, 0.3) is 0 Å². The van der Waals surface area contributed by atoms with Crippen molar-refractivity contribution >= 4 is 21.6 Å². The Morgan fingerprint density at radius 1 is 0.442 bits per heavy atom. The minimum Gasteiger partial charge on any atom is -0.388 e. The Morgan fingerprint density at radius 3 is 0.987 bits per heavy atom. The van der Waals surface area contributed by atoms with E-state index in [4.69, 9.17) is 13.8 Å². The van der Waals surface area contributed by atoms with E-state index >= 15 is 0 Å². The van der Waals surface area contributed by atoms with Gasteiger partial charge in [-0.25, -0.2) is 9.13 Å². The van der Waals surface area contributed by atoms with Crippen molar-refractivity contribution in [2.75, 3.05) is 6.61 Å². The van der Waals surface area contributed by atoms with E-state index in [1.165, 1.54) is 69.1 Å². The molecule has 5 N–H and O–H groups in total. The van der Waals surface area contributed by atoms with Crippen molar-refractivity contribution in [3.63, 3.8) is 0 Å². The van der Waals surface area contributed by atoms with Crippen LogP contribution in [0.15, 0.2) is 128 Å². The number of carbonyl (C=O) groups excluding carboxylic acids is 1. The fraction of sp³-hybridized carbons (Fsp3) is 0.635. The van der Waals surface area contributed by atoms with Gasteiger partial charge < -0.3 is 30.1 Å². The van der Waals surface area contributed by atoms with E-state index in [-0.39, 0.29) is 6.61 Å². The van der Waals surface area contributed by atoms with Crippen LogP contribution in [0.3, 0.4) is 0 Å². The average Bonchev–Trinajstić information content (AvgIpc) is 3.31. The number of rotatable bonds is 38. The van der Waals surface area contributed by atoms with E-state index in [1.54, 1.807) is 6.08 Å². The van der Waals surface area contributed by atoms with Crippen molar-refractivity contribution in [3.8, 4) is 0 Å². The van der Waals surface area contributed by atoms with Crippen LogP contribution in [0, 0.1) is 0 Å². The first-order chi connectivity index (χ1) is 36.2. The van der Waals surface area contributed by atoms with E-state index in [9.17, 15) is 33.9 Å². The minimum atomic E-state index is -5.33. The van der Waals surface area contributed by atoms with Crippen LogP contribution >= 0.6 is 15.6 Å². The maximum atomic E-state index is 12.6. The summed E-state index contributed by atoms with van der Waals surface area (Å²) in [6.45, 7) is 28.5. The number of phosphoric ester groups is 2. The Labute approximate surface area is 467 Å². The van der Waals surface area contributed by atoms with Gasteiger partial charge in [0, 0.05) is 6.92 Å². The molecule has 0 aromatic heterocycles. The predicted molar refractivity (Wildman–Crippen MR) is 321 cm³/mol. The van der Waals surface area contributed by atoms with Crippen LogP contribution in [0.4, 0.5) is 0 Å². The Kier molecular flexibility index (Phi) is 37.3. The molecule has 1 fully saturated rings. The van der Waals surface area contributed by atoms with Crippen molar-refractivity contribution in [3.05, 3.63) is 128 Å². The first kappa shape index (κ1) is 71.8. The number of hydrogen-bond donors (Lipinski definition) is 5. The van der Waals surface area contributed by atoms with E-state index in [2.05, 4.69) is 147 Å². The molecule has 0 aromatic carbocycles. The summed E-state index contributed by atoms with van der Waals surface area (Å²) in [7, 11) is -10.4. The number of nitrogens with one attached hydrogen (secondary N) is 1. The van der Waals surface area contributed by atoms with E-state index in [0.29, 0.717) is 6.42 Å². The van der Waals surface area contributed by atoms with Crippen molar-refractivity contribution in [2.24, 2.45) is 0 Å². The highest BCUT2D eigenvalue weighted by Crippen LogP contribution is 2.61. The van der Waals surface area contributed by atoms with Crippen molar-refractivity contribution in [2.45, 2.75) is 256 Å². The predicted octanol–water partition coefficient (Wildman–Crippen LogP) is 17.4. The second-order valence-electron chi connectivity index (χ2n) is 22.0. The summed E-state index contributed by atoms with van der Waals surface area (Å²) in [6, 6.07) is -1.47. The van der Waals surface area contributed by atoms with Gasteiger partial charge in [0.1, 0.15) is 18.2 Å². The van der Waals surface area contributed by atoms with Crippen LogP contribution in [-0.4, -0.2) is 63.2 Å². The molecule has 0 aliphatic carbocycles. The lowest BCUT2D eigenvalue weighted by Gasteiger charge is -2.41. The quantitative estimate of drug-likeness (QED) is 0.0293. The zero-order chi connectivity index (χ0) is 58.0. The van der Waals surface area contributed by atoms with Gasteiger partial charge in [-0.2, -0.15) is 4.31 Å². The molecule has 0 aromatic rings. The molecular formula is C63H105NO11P2. The maximum absolute atomic E-state index is 12.6. The van der Waals surface area contributed by atoms with Gasteiger partial charge in [0.05, 0.1) is 12.7 Å². The fourth-order valence-electron chi connectivity index (χ4n) is 8.61. The Bertz CT molecular complexity index is 2240. The SMILES string of the molecule is CC(=O)N[C@H]1C(OP(=O)(O)OP(=O)(O)OC/C=C(/C)CC/C=C(/C)CC/C=C(/C)CC/C=C(/C)CC/C=C(/C)CC/C=C(/C)CC/C=C(/C)CC/C=C(/C)CC/C=C(\C)CC/C=C(\C)CCC=C(C)C)O[C@H](C)[C@H](O)[C@@H]1O. The second-order valence-corrected chi connectivity index (χ2v) is 25.0. The summed E-state index contributed by atoms with van der Waals surface area (Å²) in [4.78, 5) is 31.9. The highest BCUT2D eigenvalue weighted by Gasteiger charge is 2.48. The van der Waals surface area contributed by atoms with E-state index in [1.807, 2.05) is 6.92 Å². The monoisotopic (exact) mass is 1110 g/mol. The van der Waals surface area contributed by atoms with E-state index in [0.717, 1.165) is 128 Å². The summed E-state index contributed by atoms with van der Waals surface area (Å²) in [6.07, 6.45) is 40.8. The van der Waals surface area contributed by atoms with Gasteiger partial charge >= 0.3 is 15.6 Å². The zero-order valence-corrected chi connectivity index (χ0v) is 51.9. The molecule has 77 heavy (non-hydrogen) atoms. The highest BCUT2D eigenvalue weighted by atomic mass is 31.3. The lowest BCUT2D eigenvalue weighted by molar-refractivity contribution is -0.236. The van der Waals surface area contributed by atoms with Gasteiger partial charge in [-0.3, -0.25) is 13.8 Å². The number of hydrogen-bond acceptors (Lipinski definition) is 9. The van der Waals surface area contributed by atoms with Gasteiger partial charge in [0.2, 0.25) is 5.91 Å². The standard InChI is InChI=1S/C63H105NO11P2/c1-47(2)25-15-26-48(3)27-16-28-49(4)29-17-30-50(5)31-18-32-51(6)33-19-34-52(7)35-20-36-53(8)37-21-38-54(9)39-22-40-55(10)41-23-42-56(11)43-24-44-57(12)45-46-72-76(68,69)75-77(70,71)74-63-60(64-59(14)65)62(67)61(66)58(13)73-63/h25,27,29,31,33,35,37,39,41,43,45,58,60-63,66-67H,15-24,26,28,30,32,34,36,38,40,42,44,46H2,1-14H3,(H,64,65)(H,68,69)(H,70,71)/b48-27+,49-29+,50-31-,51-33-,52-35-,53-37-,54-39-,55-41-,56-43-,57-45-/t58-,60-,61+,62-,63?/m1/s1. The van der Waals surface area contributed by atoms with Crippen molar-refractivity contribution in [1.29, 1.82) is 0 Å². The first-order valence-corrected chi connectivity index (χ1v) is 31.4. The third-order valence-electron chi connectivity index (χ3n) is 13.7. The van der Waals surface area contributed by atoms with Crippen LogP contribution in [0.1, 0.15) is 225 Å². The van der Waals surface area contributed by atoms with Crippen molar-refractivity contribution in [1.82, 2.24) is 5.32 Å². The van der Waals surface area contributed by atoms with Gasteiger partial charge in [-0.1, -0.05) is 128 Å². The summed E-state index contributed by atoms with van der Waals surface area (Å²) < 4.78 is 44.6. The van der Waals surface area contributed by atoms with Crippen LogP contribution in [-0.2, 0) is 32.0 Å². The molecule has 3 unspecified atom stereocenters. The lowest BCUT2D eigenvalue weighted by atomic mass is 9.98. The number of aliphatic hydroxyl groups is 2. The number of allylic oxidation sites excluding steroid dienone is 21. The number of ether oxygens (including phenoxy) is 1. The molecule has 1 aliphatic rings. The number of aliphatic hydroxyl groups excluding tert-OH is 2. The van der Waals surface area contributed by atoms with Crippen LogP contribution < -0.4 is 5.32 Å². The molecule has 7 atom stereocenters. The normalized spacial score (nSPS) is 21.8. The molecule has 1 saturated heterocycles. The van der Waals surface area contributed by atoms with Gasteiger partial charge in [0.25, 0.3) is 0 Å². The molecule has 438 valence electrons. The molecule has 1 heterocycles. The molecule has 0 bridgehead atoms. The molecule has 1 amide bonds. The molecule has 0 saturated carbocycles. The Morgan fingerprint density at radius 2 is 0.714 bits per heavy atom. The number of carbonyl (C=O) groups is 1. The van der Waals surface area contributed by atoms with Gasteiger partial charge in [-0.15, -0.1) is 0 Å². The molecular weight excluding hydrogens is 1010 g/mol. The number of amides is 1. The molecule has 14 heteroatoms.